The van der Waals surface area contributed by atoms with Crippen LogP contribution in [-0.4, -0.2) is 5.97 Å². The van der Waals surface area contributed by atoms with Crippen LogP contribution in [-0.2, 0) is 4.79 Å². The largest absolute Gasteiger partial charge is 0.420 e. The van der Waals surface area contributed by atoms with Gasteiger partial charge in [0, 0.05) is 0 Å². The van der Waals surface area contributed by atoms with Crippen molar-refractivity contribution in [3.63, 3.8) is 0 Å². The minimum Gasteiger partial charge on any atom is -0.420 e. The average molecular weight is 418 g/mol. The minimum atomic E-state index is -2.32. The Bertz CT molecular complexity index is 1040. The molecule has 0 bridgehead atoms. The molecule has 0 saturated heterocycles. The minimum absolute atomic E-state index is 0.0765. The highest BCUT2D eigenvalue weighted by Gasteiger charge is 2.31. The molecule has 7 heteroatoms. The predicted molar refractivity (Wildman–Crippen MR) is 101 cm³/mol. The molecule has 154 valence electrons. The van der Waals surface area contributed by atoms with Gasteiger partial charge >= 0.3 is 5.97 Å². The van der Waals surface area contributed by atoms with E-state index in [1.165, 1.54) is 0 Å². The van der Waals surface area contributed by atoms with Crippen LogP contribution in [0.3, 0.4) is 0 Å². The van der Waals surface area contributed by atoms with Crippen molar-refractivity contribution in [3.8, 4) is 5.75 Å². The van der Waals surface area contributed by atoms with Gasteiger partial charge in [-0.3, -0.25) is 4.79 Å². The molecular weight excluding hydrogens is 403 g/mol. The monoisotopic (exact) mass is 418 g/mol. The first-order valence-corrected chi connectivity index (χ1v) is 8.89. The van der Waals surface area contributed by atoms with Crippen LogP contribution >= 0.6 is 0 Å². The first-order chi connectivity index (χ1) is 14.4. The van der Waals surface area contributed by atoms with E-state index in [1.54, 1.807) is 42.5 Å². The third-order valence-corrected chi connectivity index (χ3v) is 4.34. The second kappa shape index (κ2) is 9.35. The second-order valence-corrected chi connectivity index (χ2v) is 6.33. The molecule has 0 spiro atoms. The number of esters is 1. The number of benzene rings is 3. The lowest BCUT2D eigenvalue weighted by Crippen LogP contribution is -2.20. The number of ether oxygens (including phenoxy) is 1. The molecule has 3 aromatic carbocycles. The number of carbonyl (C=O) groups is 1. The molecule has 0 heterocycles. The maximum Gasteiger partial charge on any atom is 0.319 e. The van der Waals surface area contributed by atoms with E-state index >= 15 is 0 Å². The zero-order valence-corrected chi connectivity index (χ0v) is 15.4. The molecule has 1 atom stereocenters. The van der Waals surface area contributed by atoms with Gasteiger partial charge in [-0.05, 0) is 17.5 Å². The fraction of sp³-hybridized carbons (Fsp3) is 0.0870. The average Bonchev–Trinajstić information content (AvgIpc) is 2.78. The fourth-order valence-corrected chi connectivity index (χ4v) is 2.80. The summed E-state index contributed by atoms with van der Waals surface area (Å²) in [6.07, 6.45) is 3.47. The molecule has 0 radical (unpaired) electrons. The van der Waals surface area contributed by atoms with E-state index in [9.17, 15) is 26.7 Å². The Morgan fingerprint density at radius 3 is 1.83 bits per heavy atom. The summed E-state index contributed by atoms with van der Waals surface area (Å²) < 4.78 is 72.4. The summed E-state index contributed by atoms with van der Waals surface area (Å²) in [4.78, 5) is 12.6. The SMILES string of the molecule is O=C(Oc1c(F)c(F)c(F)c(F)c1F)[C@H](C/C=C/c1ccccc1)c1ccccc1. The van der Waals surface area contributed by atoms with Crippen LogP contribution in [0.5, 0.6) is 5.75 Å². The molecule has 0 fully saturated rings. The molecule has 0 amide bonds. The number of hydrogen-bond donors (Lipinski definition) is 0. The van der Waals surface area contributed by atoms with Gasteiger partial charge in [0.15, 0.2) is 0 Å². The van der Waals surface area contributed by atoms with E-state index in [0.717, 1.165) is 5.56 Å². The first kappa shape index (κ1) is 21.2. The summed E-state index contributed by atoms with van der Waals surface area (Å²) >= 11 is 0. The zero-order valence-electron chi connectivity index (χ0n) is 15.4. The van der Waals surface area contributed by atoms with Crippen molar-refractivity contribution < 1.29 is 31.5 Å². The van der Waals surface area contributed by atoms with Gasteiger partial charge in [-0.25, -0.2) is 13.2 Å². The van der Waals surface area contributed by atoms with Crippen LogP contribution in [0.25, 0.3) is 6.08 Å². The molecule has 2 nitrogen and oxygen atoms in total. The van der Waals surface area contributed by atoms with Gasteiger partial charge in [-0.1, -0.05) is 72.8 Å². The summed E-state index contributed by atoms with van der Waals surface area (Å²) in [6, 6.07) is 17.4. The molecule has 0 aliphatic rings. The lowest BCUT2D eigenvalue weighted by atomic mass is 9.95. The highest BCUT2D eigenvalue weighted by atomic mass is 19.2. The highest BCUT2D eigenvalue weighted by molar-refractivity contribution is 5.81. The Hall–Kier alpha value is -3.48. The first-order valence-electron chi connectivity index (χ1n) is 8.89. The molecule has 0 unspecified atom stereocenters. The highest BCUT2D eigenvalue weighted by Crippen LogP contribution is 2.31. The van der Waals surface area contributed by atoms with E-state index < -0.39 is 46.7 Å². The molecule has 3 aromatic rings. The molecule has 0 aliphatic heterocycles. The van der Waals surface area contributed by atoms with Crippen LogP contribution < -0.4 is 4.74 Å². The Morgan fingerprint density at radius 2 is 1.27 bits per heavy atom. The van der Waals surface area contributed by atoms with E-state index in [2.05, 4.69) is 4.74 Å². The normalized spacial score (nSPS) is 12.2. The maximum atomic E-state index is 13.9. The molecule has 0 saturated carbocycles. The van der Waals surface area contributed by atoms with Gasteiger partial charge in [0.25, 0.3) is 0 Å². The maximum absolute atomic E-state index is 13.9. The van der Waals surface area contributed by atoms with Crippen LogP contribution in [0.4, 0.5) is 22.0 Å². The summed E-state index contributed by atoms with van der Waals surface area (Å²) in [7, 11) is 0. The van der Waals surface area contributed by atoms with Crippen molar-refractivity contribution in [3.05, 3.63) is 107 Å². The summed E-state index contributed by atoms with van der Waals surface area (Å²) in [6.45, 7) is 0. The summed E-state index contributed by atoms with van der Waals surface area (Å²) in [5, 5.41) is 0. The number of allylic oxidation sites excluding steroid dienone is 1. The smallest absolute Gasteiger partial charge is 0.319 e. The van der Waals surface area contributed by atoms with Gasteiger partial charge in [-0.2, -0.15) is 8.78 Å². The molecule has 30 heavy (non-hydrogen) atoms. The van der Waals surface area contributed by atoms with Gasteiger partial charge in [0.2, 0.25) is 34.8 Å². The summed E-state index contributed by atoms with van der Waals surface area (Å²) in [5.74, 6) is -14.9. The van der Waals surface area contributed by atoms with Crippen LogP contribution in [0.2, 0.25) is 0 Å². The Labute approximate surface area is 169 Å². The van der Waals surface area contributed by atoms with Crippen molar-refractivity contribution in [1.82, 2.24) is 0 Å². The number of halogens is 5. The standard InChI is InChI=1S/C23H15F5O2/c24-17-18(25)20(27)22(21(28)19(17)26)30-23(29)16(15-11-5-2-6-12-15)13-7-10-14-8-3-1-4-9-14/h1-12,16H,13H2/b10-7+/t16-/m1/s1. The molecule has 0 aromatic heterocycles. The predicted octanol–water partition coefficient (Wildman–Crippen LogP) is 6.17. The lowest BCUT2D eigenvalue weighted by molar-refractivity contribution is -0.136. The van der Waals surface area contributed by atoms with E-state index in [1.807, 2.05) is 30.3 Å². The Balaban J connectivity index is 1.89. The lowest BCUT2D eigenvalue weighted by Gasteiger charge is -2.16. The second-order valence-electron chi connectivity index (χ2n) is 6.33. The fourth-order valence-electron chi connectivity index (χ4n) is 2.80. The van der Waals surface area contributed by atoms with Crippen molar-refractivity contribution in [2.45, 2.75) is 12.3 Å². The Morgan fingerprint density at radius 1 is 0.767 bits per heavy atom. The molecule has 3 rings (SSSR count). The van der Waals surface area contributed by atoms with Crippen molar-refractivity contribution in [1.29, 1.82) is 0 Å². The number of carbonyl (C=O) groups excluding carboxylic acids is 1. The topological polar surface area (TPSA) is 26.3 Å². The quantitative estimate of drug-likeness (QED) is 0.157. The zero-order chi connectivity index (χ0) is 21.7. The third-order valence-electron chi connectivity index (χ3n) is 4.34. The van der Waals surface area contributed by atoms with E-state index in [4.69, 9.17) is 0 Å². The van der Waals surface area contributed by atoms with Crippen LogP contribution in [0, 0.1) is 29.1 Å². The van der Waals surface area contributed by atoms with Gasteiger partial charge in [-0.15, -0.1) is 0 Å². The number of rotatable bonds is 6. The van der Waals surface area contributed by atoms with E-state index in [-0.39, 0.29) is 6.42 Å². The van der Waals surface area contributed by atoms with Gasteiger partial charge < -0.3 is 4.74 Å². The molecular formula is C23H15F5O2. The van der Waals surface area contributed by atoms with Gasteiger partial charge in [0.05, 0.1) is 5.92 Å². The third kappa shape index (κ3) is 4.56. The number of hydrogen-bond acceptors (Lipinski definition) is 2. The van der Waals surface area contributed by atoms with Crippen molar-refractivity contribution in [2.75, 3.05) is 0 Å². The van der Waals surface area contributed by atoms with E-state index in [0.29, 0.717) is 5.56 Å². The van der Waals surface area contributed by atoms with Crippen LogP contribution in [0.1, 0.15) is 23.5 Å². The molecule has 0 aliphatic carbocycles. The Kier molecular flexibility index (Phi) is 6.61. The van der Waals surface area contributed by atoms with Crippen molar-refractivity contribution >= 4 is 12.0 Å². The van der Waals surface area contributed by atoms with Crippen LogP contribution in [0.15, 0.2) is 66.7 Å². The molecule has 0 N–H and O–H groups in total. The summed E-state index contributed by atoms with van der Waals surface area (Å²) in [5.41, 5.74) is 1.32. The van der Waals surface area contributed by atoms with Gasteiger partial charge in [0.1, 0.15) is 0 Å². The van der Waals surface area contributed by atoms with Crippen molar-refractivity contribution in [2.24, 2.45) is 0 Å².